The maximum atomic E-state index is 3.88. The van der Waals surface area contributed by atoms with Crippen molar-refractivity contribution in [3.63, 3.8) is 0 Å². The lowest BCUT2D eigenvalue weighted by Gasteiger charge is -1.90. The molecular weight excluding hydrogens is 146 g/mol. The van der Waals surface area contributed by atoms with Crippen LogP contribution in [0.25, 0.3) is 0 Å². The summed E-state index contributed by atoms with van der Waals surface area (Å²) in [5.41, 5.74) is 1.21. The standard InChI is InChI=1S/C6H7N.C5H12/c1-6-3-2-4-7-5-6;1-4-5(2)3/h2-5H,1H3;5H,4H2,1-3H3. The van der Waals surface area contributed by atoms with Gasteiger partial charge in [-0.05, 0) is 24.5 Å². The van der Waals surface area contributed by atoms with Gasteiger partial charge < -0.3 is 0 Å². The summed E-state index contributed by atoms with van der Waals surface area (Å²) < 4.78 is 0. The number of hydrogen-bond acceptors (Lipinski definition) is 1. The van der Waals surface area contributed by atoms with Crippen molar-refractivity contribution in [2.24, 2.45) is 5.92 Å². The second kappa shape index (κ2) is 6.84. The molecule has 0 spiro atoms. The molecule has 1 heteroatoms. The molecule has 12 heavy (non-hydrogen) atoms. The summed E-state index contributed by atoms with van der Waals surface area (Å²) >= 11 is 0. The highest BCUT2D eigenvalue weighted by Gasteiger charge is 1.80. The van der Waals surface area contributed by atoms with Gasteiger partial charge in [0.05, 0.1) is 0 Å². The molecule has 68 valence electrons. The highest BCUT2D eigenvalue weighted by Crippen LogP contribution is 1.93. The van der Waals surface area contributed by atoms with E-state index in [0.29, 0.717) is 0 Å². The van der Waals surface area contributed by atoms with Gasteiger partial charge in [0.15, 0.2) is 0 Å². The van der Waals surface area contributed by atoms with Gasteiger partial charge in [0.1, 0.15) is 0 Å². The van der Waals surface area contributed by atoms with Gasteiger partial charge in [-0.3, -0.25) is 4.98 Å². The quantitative estimate of drug-likeness (QED) is 0.621. The van der Waals surface area contributed by atoms with Crippen molar-refractivity contribution in [1.29, 1.82) is 0 Å². The normalized spacial score (nSPS) is 9.08. The van der Waals surface area contributed by atoms with Crippen molar-refractivity contribution in [2.45, 2.75) is 34.1 Å². The van der Waals surface area contributed by atoms with Gasteiger partial charge in [0.2, 0.25) is 0 Å². The molecule has 0 aliphatic rings. The van der Waals surface area contributed by atoms with Crippen LogP contribution in [0.4, 0.5) is 0 Å². The Morgan fingerprint density at radius 2 is 2.00 bits per heavy atom. The molecule has 0 bridgehead atoms. The van der Waals surface area contributed by atoms with Crippen LogP contribution in [-0.4, -0.2) is 4.98 Å². The van der Waals surface area contributed by atoms with Crippen molar-refractivity contribution in [1.82, 2.24) is 4.98 Å². The van der Waals surface area contributed by atoms with E-state index in [4.69, 9.17) is 0 Å². The highest BCUT2D eigenvalue weighted by molar-refractivity contribution is 5.04. The van der Waals surface area contributed by atoms with Crippen molar-refractivity contribution in [2.75, 3.05) is 0 Å². The maximum absolute atomic E-state index is 3.88. The largest absolute Gasteiger partial charge is 0.264 e. The number of rotatable bonds is 1. The third kappa shape index (κ3) is 7.26. The third-order valence-corrected chi connectivity index (χ3v) is 1.63. The smallest absolute Gasteiger partial charge is 0.0297 e. The minimum Gasteiger partial charge on any atom is -0.264 e. The van der Waals surface area contributed by atoms with Crippen LogP contribution in [0.15, 0.2) is 24.5 Å². The van der Waals surface area contributed by atoms with Gasteiger partial charge in [0, 0.05) is 12.4 Å². The summed E-state index contributed by atoms with van der Waals surface area (Å²) in [6.07, 6.45) is 4.91. The Kier molecular flexibility index (Phi) is 6.35. The van der Waals surface area contributed by atoms with E-state index in [1.807, 2.05) is 25.3 Å². The summed E-state index contributed by atoms with van der Waals surface area (Å²) in [5, 5.41) is 0. The fourth-order valence-corrected chi connectivity index (χ4v) is 0.448. The Hall–Kier alpha value is -0.850. The van der Waals surface area contributed by atoms with E-state index in [0.717, 1.165) is 5.92 Å². The van der Waals surface area contributed by atoms with Crippen molar-refractivity contribution >= 4 is 0 Å². The van der Waals surface area contributed by atoms with Crippen molar-refractivity contribution in [3.8, 4) is 0 Å². The fraction of sp³-hybridized carbons (Fsp3) is 0.545. The van der Waals surface area contributed by atoms with Crippen LogP contribution in [0, 0.1) is 12.8 Å². The van der Waals surface area contributed by atoms with Crippen LogP contribution in [-0.2, 0) is 0 Å². The summed E-state index contributed by atoms with van der Waals surface area (Å²) in [6.45, 7) is 8.66. The Labute approximate surface area is 75.8 Å². The van der Waals surface area contributed by atoms with Crippen molar-refractivity contribution in [3.05, 3.63) is 30.1 Å². The van der Waals surface area contributed by atoms with E-state index < -0.39 is 0 Å². The number of aryl methyl sites for hydroxylation is 1. The molecular formula is C11H19N. The molecule has 0 N–H and O–H groups in total. The molecule has 0 unspecified atom stereocenters. The van der Waals surface area contributed by atoms with E-state index in [2.05, 4.69) is 25.8 Å². The molecule has 0 radical (unpaired) electrons. The SMILES string of the molecule is CCC(C)C.Cc1cccnc1. The van der Waals surface area contributed by atoms with Crippen LogP contribution in [0.3, 0.4) is 0 Å². The molecule has 0 saturated heterocycles. The first-order valence-electron chi connectivity index (χ1n) is 4.53. The second-order valence-corrected chi connectivity index (χ2v) is 3.33. The van der Waals surface area contributed by atoms with Gasteiger partial charge in [-0.15, -0.1) is 0 Å². The second-order valence-electron chi connectivity index (χ2n) is 3.33. The molecule has 0 aliphatic heterocycles. The molecule has 1 aromatic heterocycles. The Morgan fingerprint density at radius 1 is 1.42 bits per heavy atom. The van der Waals surface area contributed by atoms with Crippen molar-refractivity contribution < 1.29 is 0 Å². The molecule has 0 amide bonds. The van der Waals surface area contributed by atoms with E-state index in [1.165, 1.54) is 12.0 Å². The Balaban J connectivity index is 0.000000217. The van der Waals surface area contributed by atoms with Gasteiger partial charge >= 0.3 is 0 Å². The summed E-state index contributed by atoms with van der Waals surface area (Å²) in [5.74, 6) is 0.884. The molecule has 0 aromatic carbocycles. The lowest BCUT2D eigenvalue weighted by Crippen LogP contribution is -1.77. The van der Waals surface area contributed by atoms with Gasteiger partial charge in [-0.25, -0.2) is 0 Å². The molecule has 1 rings (SSSR count). The molecule has 0 saturated carbocycles. The number of aromatic nitrogens is 1. The zero-order valence-corrected chi connectivity index (χ0v) is 8.54. The zero-order chi connectivity index (χ0) is 9.40. The summed E-state index contributed by atoms with van der Waals surface area (Å²) in [6, 6.07) is 3.95. The molecule has 1 nitrogen and oxygen atoms in total. The first kappa shape index (κ1) is 11.2. The van der Waals surface area contributed by atoms with Gasteiger partial charge in [0.25, 0.3) is 0 Å². The van der Waals surface area contributed by atoms with Crippen LogP contribution in [0.2, 0.25) is 0 Å². The van der Waals surface area contributed by atoms with E-state index in [9.17, 15) is 0 Å². The third-order valence-electron chi connectivity index (χ3n) is 1.63. The van der Waals surface area contributed by atoms with Crippen LogP contribution in [0.5, 0.6) is 0 Å². The van der Waals surface area contributed by atoms with Crippen LogP contribution >= 0.6 is 0 Å². The topological polar surface area (TPSA) is 12.9 Å². The number of hydrogen-bond donors (Lipinski definition) is 0. The summed E-state index contributed by atoms with van der Waals surface area (Å²) in [4.78, 5) is 3.88. The molecule has 0 atom stereocenters. The molecule has 1 heterocycles. The van der Waals surface area contributed by atoms with Gasteiger partial charge in [-0.2, -0.15) is 0 Å². The zero-order valence-electron chi connectivity index (χ0n) is 8.54. The average molecular weight is 165 g/mol. The molecule has 1 aromatic rings. The van der Waals surface area contributed by atoms with Gasteiger partial charge in [-0.1, -0.05) is 33.3 Å². The van der Waals surface area contributed by atoms with Crippen LogP contribution < -0.4 is 0 Å². The van der Waals surface area contributed by atoms with E-state index in [-0.39, 0.29) is 0 Å². The van der Waals surface area contributed by atoms with E-state index in [1.54, 1.807) is 6.20 Å². The number of pyridine rings is 1. The number of nitrogens with zero attached hydrogens (tertiary/aromatic N) is 1. The first-order valence-corrected chi connectivity index (χ1v) is 4.53. The Morgan fingerprint density at radius 3 is 2.17 bits per heavy atom. The minimum atomic E-state index is 0.884. The lowest BCUT2D eigenvalue weighted by atomic mass is 10.2. The average Bonchev–Trinajstić information content (AvgIpc) is 2.07. The molecule has 0 aliphatic carbocycles. The monoisotopic (exact) mass is 165 g/mol. The van der Waals surface area contributed by atoms with Crippen LogP contribution in [0.1, 0.15) is 32.8 Å². The fourth-order valence-electron chi connectivity index (χ4n) is 0.448. The molecule has 0 fully saturated rings. The maximum Gasteiger partial charge on any atom is 0.0297 e. The lowest BCUT2D eigenvalue weighted by molar-refractivity contribution is 0.626. The minimum absolute atomic E-state index is 0.884. The predicted octanol–water partition coefficient (Wildman–Crippen LogP) is 3.44. The Bertz CT molecular complexity index is 179. The first-order chi connectivity index (χ1) is 5.66. The predicted molar refractivity (Wildman–Crippen MR) is 54.1 cm³/mol. The summed E-state index contributed by atoms with van der Waals surface area (Å²) in [7, 11) is 0. The highest BCUT2D eigenvalue weighted by atomic mass is 14.6. The van der Waals surface area contributed by atoms with E-state index >= 15 is 0 Å².